The number of nitrogens with one attached hydrogen (secondary N) is 1. The smallest absolute Gasteiger partial charge is 0.123 e. The van der Waals surface area contributed by atoms with Crippen molar-refractivity contribution in [3.05, 3.63) is 30.1 Å². The molecular formula is C12H17FN2. The first-order valence-electron chi connectivity index (χ1n) is 5.45. The molecule has 1 saturated heterocycles. The third-order valence-electron chi connectivity index (χ3n) is 2.93. The van der Waals surface area contributed by atoms with Crippen LogP contribution in [-0.2, 0) is 0 Å². The second kappa shape index (κ2) is 4.62. The van der Waals surface area contributed by atoms with Crippen LogP contribution in [0, 0.1) is 5.82 Å². The summed E-state index contributed by atoms with van der Waals surface area (Å²) in [4.78, 5) is 2.34. The Morgan fingerprint density at radius 1 is 1.20 bits per heavy atom. The first kappa shape index (κ1) is 10.4. The van der Waals surface area contributed by atoms with E-state index < -0.39 is 0 Å². The zero-order chi connectivity index (χ0) is 10.7. The van der Waals surface area contributed by atoms with Gasteiger partial charge in [0.25, 0.3) is 0 Å². The number of rotatable bonds is 2. The molecule has 0 atom stereocenters. The number of piperidine rings is 1. The molecule has 0 spiro atoms. The minimum Gasteiger partial charge on any atom is -0.382 e. The van der Waals surface area contributed by atoms with Gasteiger partial charge in [0.1, 0.15) is 5.82 Å². The van der Waals surface area contributed by atoms with Gasteiger partial charge in [-0.25, -0.2) is 4.39 Å². The predicted octanol–water partition coefficient (Wildman–Crippen LogP) is 2.33. The highest BCUT2D eigenvalue weighted by Gasteiger charge is 2.15. The molecule has 0 unspecified atom stereocenters. The topological polar surface area (TPSA) is 15.3 Å². The fourth-order valence-electron chi connectivity index (χ4n) is 1.93. The molecule has 15 heavy (non-hydrogen) atoms. The van der Waals surface area contributed by atoms with Gasteiger partial charge in [0.15, 0.2) is 0 Å². The number of halogens is 1. The van der Waals surface area contributed by atoms with E-state index in [1.807, 2.05) is 0 Å². The molecule has 2 nitrogen and oxygen atoms in total. The average Bonchev–Trinajstić information content (AvgIpc) is 2.25. The Hall–Kier alpha value is -1.09. The van der Waals surface area contributed by atoms with Crippen molar-refractivity contribution in [1.82, 2.24) is 4.90 Å². The van der Waals surface area contributed by atoms with Crippen molar-refractivity contribution in [3.63, 3.8) is 0 Å². The Labute approximate surface area is 90.1 Å². The molecule has 1 aliphatic heterocycles. The summed E-state index contributed by atoms with van der Waals surface area (Å²) in [5.74, 6) is -0.177. The molecule has 1 aliphatic rings. The molecule has 1 aromatic carbocycles. The first-order valence-corrected chi connectivity index (χ1v) is 5.45. The molecule has 0 amide bonds. The molecule has 2 rings (SSSR count). The molecule has 3 heteroatoms. The van der Waals surface area contributed by atoms with E-state index in [2.05, 4.69) is 17.3 Å². The summed E-state index contributed by atoms with van der Waals surface area (Å²) in [6.45, 7) is 2.28. The third kappa shape index (κ3) is 2.93. The summed E-state index contributed by atoms with van der Waals surface area (Å²) in [6, 6.07) is 7.13. The molecule has 82 valence electrons. The van der Waals surface area contributed by atoms with Crippen LogP contribution in [0.2, 0.25) is 0 Å². The summed E-state index contributed by atoms with van der Waals surface area (Å²) in [7, 11) is 2.15. The molecule has 1 fully saturated rings. The highest BCUT2D eigenvalue weighted by Crippen LogP contribution is 2.15. The molecule has 1 N–H and O–H groups in total. The van der Waals surface area contributed by atoms with Gasteiger partial charge in [-0.15, -0.1) is 0 Å². The fourth-order valence-corrected chi connectivity index (χ4v) is 1.93. The van der Waals surface area contributed by atoms with Crippen molar-refractivity contribution in [2.75, 3.05) is 25.5 Å². The maximum Gasteiger partial charge on any atom is 0.123 e. The standard InChI is InChI=1S/C12H17FN2/c1-15-8-6-12(7-9-15)14-11-4-2-10(13)3-5-11/h2-5,12,14H,6-9H2,1H3. The Balaban J connectivity index is 1.89. The highest BCUT2D eigenvalue weighted by molar-refractivity contribution is 5.43. The lowest BCUT2D eigenvalue weighted by molar-refractivity contribution is 0.264. The molecule has 0 aliphatic carbocycles. The lowest BCUT2D eigenvalue weighted by Crippen LogP contribution is -2.36. The zero-order valence-electron chi connectivity index (χ0n) is 9.04. The van der Waals surface area contributed by atoms with Crippen molar-refractivity contribution < 1.29 is 4.39 Å². The van der Waals surface area contributed by atoms with Crippen LogP contribution < -0.4 is 5.32 Å². The van der Waals surface area contributed by atoms with Crippen LogP contribution in [0.3, 0.4) is 0 Å². The summed E-state index contributed by atoms with van der Waals surface area (Å²) in [5, 5.41) is 3.44. The van der Waals surface area contributed by atoms with E-state index in [-0.39, 0.29) is 5.82 Å². The second-order valence-corrected chi connectivity index (χ2v) is 4.23. The maximum atomic E-state index is 12.7. The zero-order valence-corrected chi connectivity index (χ0v) is 9.04. The summed E-state index contributed by atoms with van der Waals surface area (Å²) >= 11 is 0. The first-order chi connectivity index (χ1) is 7.24. The van der Waals surface area contributed by atoms with Crippen LogP contribution in [-0.4, -0.2) is 31.1 Å². The van der Waals surface area contributed by atoms with Crippen LogP contribution in [0.5, 0.6) is 0 Å². The van der Waals surface area contributed by atoms with E-state index in [1.54, 1.807) is 12.1 Å². The minimum absolute atomic E-state index is 0.177. The third-order valence-corrected chi connectivity index (χ3v) is 2.93. The quantitative estimate of drug-likeness (QED) is 0.802. The molecule has 1 aromatic rings. The summed E-state index contributed by atoms with van der Waals surface area (Å²) in [6.07, 6.45) is 2.32. The Bertz CT molecular complexity index is 302. The number of hydrogen-bond donors (Lipinski definition) is 1. The molecule has 0 radical (unpaired) electrons. The van der Waals surface area contributed by atoms with Crippen LogP contribution in [0.4, 0.5) is 10.1 Å². The number of benzene rings is 1. The van der Waals surface area contributed by atoms with Gasteiger partial charge in [-0.1, -0.05) is 0 Å². The van der Waals surface area contributed by atoms with Gasteiger partial charge in [0.05, 0.1) is 0 Å². The molecule has 0 saturated carbocycles. The van der Waals surface area contributed by atoms with Gasteiger partial charge >= 0.3 is 0 Å². The Morgan fingerprint density at radius 3 is 2.40 bits per heavy atom. The van der Waals surface area contributed by atoms with Gasteiger partial charge < -0.3 is 10.2 Å². The largest absolute Gasteiger partial charge is 0.382 e. The minimum atomic E-state index is -0.177. The Morgan fingerprint density at radius 2 is 1.80 bits per heavy atom. The normalized spacial score (nSPS) is 19.1. The predicted molar refractivity (Wildman–Crippen MR) is 60.5 cm³/mol. The maximum absolute atomic E-state index is 12.7. The van der Waals surface area contributed by atoms with Crippen molar-refractivity contribution >= 4 is 5.69 Å². The SMILES string of the molecule is CN1CCC(Nc2ccc(F)cc2)CC1. The highest BCUT2D eigenvalue weighted by atomic mass is 19.1. The van der Waals surface area contributed by atoms with E-state index in [0.29, 0.717) is 6.04 Å². The van der Waals surface area contributed by atoms with E-state index in [9.17, 15) is 4.39 Å². The summed E-state index contributed by atoms with van der Waals surface area (Å²) < 4.78 is 12.7. The van der Waals surface area contributed by atoms with E-state index in [4.69, 9.17) is 0 Å². The Kier molecular flexibility index (Phi) is 3.21. The number of hydrogen-bond acceptors (Lipinski definition) is 2. The van der Waals surface area contributed by atoms with Gasteiger partial charge in [0.2, 0.25) is 0 Å². The van der Waals surface area contributed by atoms with E-state index >= 15 is 0 Å². The van der Waals surface area contributed by atoms with Crippen molar-refractivity contribution in [2.45, 2.75) is 18.9 Å². The van der Waals surface area contributed by atoms with Gasteiger partial charge in [-0.2, -0.15) is 0 Å². The lowest BCUT2D eigenvalue weighted by atomic mass is 10.1. The number of nitrogens with zero attached hydrogens (tertiary/aromatic N) is 1. The summed E-state index contributed by atoms with van der Waals surface area (Å²) in [5.41, 5.74) is 1.02. The van der Waals surface area contributed by atoms with Crippen LogP contribution >= 0.6 is 0 Å². The van der Waals surface area contributed by atoms with Crippen LogP contribution in [0.25, 0.3) is 0 Å². The van der Waals surface area contributed by atoms with E-state index in [0.717, 1.165) is 31.6 Å². The van der Waals surface area contributed by atoms with Gasteiger partial charge in [-0.3, -0.25) is 0 Å². The van der Waals surface area contributed by atoms with Crippen molar-refractivity contribution in [3.8, 4) is 0 Å². The van der Waals surface area contributed by atoms with Crippen LogP contribution in [0.1, 0.15) is 12.8 Å². The lowest BCUT2D eigenvalue weighted by Gasteiger charge is -2.30. The van der Waals surface area contributed by atoms with Crippen molar-refractivity contribution in [1.29, 1.82) is 0 Å². The second-order valence-electron chi connectivity index (χ2n) is 4.23. The molecule has 1 heterocycles. The van der Waals surface area contributed by atoms with E-state index in [1.165, 1.54) is 12.1 Å². The fraction of sp³-hybridized carbons (Fsp3) is 0.500. The molecule has 0 aromatic heterocycles. The van der Waals surface area contributed by atoms with Crippen molar-refractivity contribution in [2.24, 2.45) is 0 Å². The van der Waals surface area contributed by atoms with Gasteiger partial charge in [-0.05, 0) is 57.2 Å². The molecule has 0 bridgehead atoms. The van der Waals surface area contributed by atoms with Crippen LogP contribution in [0.15, 0.2) is 24.3 Å². The van der Waals surface area contributed by atoms with Gasteiger partial charge in [0, 0.05) is 11.7 Å². The number of likely N-dealkylation sites (tertiary alicyclic amines) is 1. The average molecular weight is 208 g/mol. The number of anilines is 1. The monoisotopic (exact) mass is 208 g/mol. The molecular weight excluding hydrogens is 191 g/mol.